The number of hydrogen-bond donors (Lipinski definition) is 0. The molecule has 2 aliphatic carbocycles. The number of nitrogens with zero attached hydrogens (tertiary/aromatic N) is 3. The van der Waals surface area contributed by atoms with Crippen LogP contribution in [0.1, 0.15) is 107 Å². The molecule has 0 N–H and O–H groups in total. The summed E-state index contributed by atoms with van der Waals surface area (Å²) in [4.78, 5) is 5.34. The molecule has 0 amide bonds. The molecule has 8 aromatic carbocycles. The van der Waals surface area contributed by atoms with Gasteiger partial charge in [-0.15, -0.1) is 0 Å². The van der Waals surface area contributed by atoms with E-state index >= 15 is 0 Å². The van der Waals surface area contributed by atoms with E-state index in [9.17, 15) is 0 Å². The van der Waals surface area contributed by atoms with Gasteiger partial charge in [-0.05, 0) is 176 Å². The zero-order chi connectivity index (χ0) is 48.9. The van der Waals surface area contributed by atoms with Gasteiger partial charge in [-0.1, -0.05) is 159 Å². The third-order valence-electron chi connectivity index (χ3n) is 16.5. The van der Waals surface area contributed by atoms with E-state index in [2.05, 4.69) is 253 Å². The largest absolute Gasteiger partial charge is 0.311 e. The second-order valence-corrected chi connectivity index (χ2v) is 23.4. The number of benzene rings is 8. The number of aryl methyl sites for hydroxylation is 2. The van der Waals surface area contributed by atoms with Crippen LogP contribution in [-0.2, 0) is 16.2 Å². The van der Waals surface area contributed by atoms with E-state index in [-0.39, 0.29) is 23.0 Å². The summed E-state index contributed by atoms with van der Waals surface area (Å²) in [6.07, 6.45) is 9.23. The molecule has 0 atom stereocenters. The second-order valence-electron chi connectivity index (χ2n) is 23.4. The molecule has 0 saturated heterocycles. The molecule has 0 bridgehead atoms. The number of hydrogen-bond acceptors (Lipinski definition) is 2. The number of para-hydroxylation sites is 2. The molecule has 4 aliphatic rings. The summed E-state index contributed by atoms with van der Waals surface area (Å²) < 4.78 is 2.49. The Morgan fingerprint density at radius 2 is 1.17 bits per heavy atom. The van der Waals surface area contributed by atoms with E-state index < -0.39 is 0 Å². The molecule has 3 nitrogen and oxygen atoms in total. The fourth-order valence-corrected chi connectivity index (χ4v) is 12.9. The van der Waals surface area contributed by atoms with Crippen molar-refractivity contribution in [3.8, 4) is 16.8 Å². The van der Waals surface area contributed by atoms with Crippen LogP contribution in [0.15, 0.2) is 170 Å². The van der Waals surface area contributed by atoms with Gasteiger partial charge in [0.1, 0.15) is 0 Å². The van der Waals surface area contributed by atoms with Crippen molar-refractivity contribution < 1.29 is 0 Å². The molecular weight excluding hydrogens is 858 g/mol. The summed E-state index contributed by atoms with van der Waals surface area (Å²) in [5.74, 6) is 0. The van der Waals surface area contributed by atoms with Crippen LogP contribution < -0.4 is 26.2 Å². The van der Waals surface area contributed by atoms with Crippen LogP contribution in [0.25, 0.3) is 44.2 Å². The molecule has 4 heteroatoms. The van der Waals surface area contributed by atoms with Crippen LogP contribution in [-0.4, -0.2) is 11.3 Å². The fourth-order valence-electron chi connectivity index (χ4n) is 12.9. The third kappa shape index (κ3) is 6.49. The van der Waals surface area contributed by atoms with Crippen molar-refractivity contribution in [2.75, 3.05) is 9.80 Å². The molecule has 0 saturated carbocycles. The van der Waals surface area contributed by atoms with Crippen molar-refractivity contribution in [2.45, 2.75) is 98.3 Å². The molecule has 0 spiro atoms. The maximum atomic E-state index is 2.68. The Morgan fingerprint density at radius 1 is 0.507 bits per heavy atom. The SMILES string of the molecule is Cc1cc(C2=CCCC=C2)cc(C)c1N1c2cc3c(cc2B2c4ccc(C(C)(C)C)cc4N(c4ccc5c(c4)C(C)(C)c4ccccc4-5)c4cc(C(C)(C)C)cc1c42)c1ccccc1n3-c1ccccc1. The maximum Gasteiger partial charge on any atom is 0.252 e. The monoisotopic (exact) mass is 920 g/mol. The topological polar surface area (TPSA) is 11.4 Å². The Hall–Kier alpha value is -7.30. The number of aromatic nitrogens is 1. The zero-order valence-electron chi connectivity index (χ0n) is 43.0. The average molecular weight is 920 g/mol. The number of anilines is 6. The van der Waals surface area contributed by atoms with Crippen LogP contribution in [0.5, 0.6) is 0 Å². The predicted molar refractivity (Wildman–Crippen MR) is 306 cm³/mol. The quantitative estimate of drug-likeness (QED) is 0.163. The van der Waals surface area contributed by atoms with Crippen molar-refractivity contribution in [3.63, 3.8) is 0 Å². The van der Waals surface area contributed by atoms with Crippen LogP contribution >= 0.6 is 0 Å². The minimum atomic E-state index is -0.148. The summed E-state index contributed by atoms with van der Waals surface area (Å²) in [6, 6.07) is 58.8. The average Bonchev–Trinajstić information content (AvgIpc) is 3.80. The smallest absolute Gasteiger partial charge is 0.252 e. The van der Waals surface area contributed by atoms with Crippen LogP contribution in [0, 0.1) is 13.8 Å². The van der Waals surface area contributed by atoms with Crippen LogP contribution in [0.4, 0.5) is 34.1 Å². The van der Waals surface area contributed by atoms with Gasteiger partial charge in [-0.2, -0.15) is 0 Å². The molecule has 0 radical (unpaired) electrons. The molecule has 71 heavy (non-hydrogen) atoms. The fraction of sp³-hybridized carbons (Fsp3) is 0.224. The first-order chi connectivity index (χ1) is 34.1. The first-order valence-electron chi connectivity index (χ1n) is 25.9. The Balaban J connectivity index is 1.16. The molecule has 348 valence electrons. The lowest BCUT2D eigenvalue weighted by Gasteiger charge is -2.46. The third-order valence-corrected chi connectivity index (χ3v) is 16.5. The molecule has 3 heterocycles. The van der Waals surface area contributed by atoms with E-state index in [0.717, 1.165) is 12.8 Å². The molecule has 0 fully saturated rings. The van der Waals surface area contributed by atoms with Gasteiger partial charge in [0, 0.05) is 50.3 Å². The van der Waals surface area contributed by atoms with Gasteiger partial charge in [0.25, 0.3) is 6.71 Å². The van der Waals surface area contributed by atoms with E-state index in [1.807, 2.05) is 0 Å². The van der Waals surface area contributed by atoms with Crippen LogP contribution in [0.2, 0.25) is 0 Å². The Bertz CT molecular complexity index is 3770. The summed E-state index contributed by atoms with van der Waals surface area (Å²) in [5, 5.41) is 2.54. The molecule has 9 aromatic rings. The van der Waals surface area contributed by atoms with Crippen LogP contribution in [0.3, 0.4) is 0 Å². The zero-order valence-corrected chi connectivity index (χ0v) is 43.0. The summed E-state index contributed by atoms with van der Waals surface area (Å²) in [6.45, 7) is 23.7. The standard InChI is InChI=1S/C67H62BN3/c1-41-33-44(43-21-13-11-14-22-43)34-42(2)64(41)71-60-40-58-52(51-26-18-20-28-57(51)69(58)47-23-15-12-16-24-47)39-56(60)68-55-32-29-45(65(3,4)5)35-59(55)70(61-36-46(66(6,7)8)37-62(71)63(61)68)48-30-31-50-49-25-17-19-27-53(49)67(9,10)54(50)38-48/h12-13,15-40H,11,14H2,1-10H3. The van der Waals surface area contributed by atoms with Gasteiger partial charge < -0.3 is 14.4 Å². The lowest BCUT2D eigenvalue weighted by Crippen LogP contribution is -2.61. The Morgan fingerprint density at radius 3 is 1.90 bits per heavy atom. The Labute approximate surface area is 420 Å². The van der Waals surface area contributed by atoms with Gasteiger partial charge in [0.2, 0.25) is 0 Å². The number of rotatable bonds is 4. The van der Waals surface area contributed by atoms with Crippen molar-refractivity contribution in [1.82, 2.24) is 4.57 Å². The van der Waals surface area contributed by atoms with Gasteiger partial charge in [-0.3, -0.25) is 0 Å². The van der Waals surface area contributed by atoms with Crippen molar-refractivity contribution in [2.24, 2.45) is 0 Å². The lowest BCUT2D eigenvalue weighted by atomic mass is 9.33. The van der Waals surface area contributed by atoms with Gasteiger partial charge in [0.05, 0.1) is 16.7 Å². The summed E-state index contributed by atoms with van der Waals surface area (Å²) >= 11 is 0. The van der Waals surface area contributed by atoms with E-state index in [0.29, 0.717) is 0 Å². The van der Waals surface area contributed by atoms with Gasteiger partial charge >= 0.3 is 0 Å². The highest BCUT2D eigenvalue weighted by molar-refractivity contribution is 7.00. The number of fused-ring (bicyclic) bond motifs is 10. The van der Waals surface area contributed by atoms with E-state index in [4.69, 9.17) is 0 Å². The predicted octanol–water partition coefficient (Wildman–Crippen LogP) is 16.1. The summed E-state index contributed by atoms with van der Waals surface area (Å²) in [7, 11) is 0. The molecular formula is C67H62BN3. The van der Waals surface area contributed by atoms with Gasteiger partial charge in [0.15, 0.2) is 0 Å². The normalized spacial score (nSPS) is 15.4. The Kier molecular flexibility index (Phi) is 9.45. The summed E-state index contributed by atoms with van der Waals surface area (Å²) in [5.41, 5.74) is 28.0. The first kappa shape index (κ1) is 43.7. The van der Waals surface area contributed by atoms with E-state index in [1.165, 1.54) is 134 Å². The highest BCUT2D eigenvalue weighted by Gasteiger charge is 2.46. The minimum Gasteiger partial charge on any atom is -0.311 e. The van der Waals surface area contributed by atoms with Gasteiger partial charge in [-0.25, -0.2) is 0 Å². The highest BCUT2D eigenvalue weighted by atomic mass is 15.2. The molecule has 2 aliphatic heterocycles. The van der Waals surface area contributed by atoms with Crippen molar-refractivity contribution in [3.05, 3.63) is 209 Å². The maximum absolute atomic E-state index is 2.68. The number of allylic oxidation sites excluding steroid dienone is 4. The minimum absolute atomic E-state index is 0.0312. The van der Waals surface area contributed by atoms with E-state index in [1.54, 1.807) is 0 Å². The second kappa shape index (κ2) is 15.4. The lowest BCUT2D eigenvalue weighted by molar-refractivity contribution is 0.590. The molecule has 0 unspecified atom stereocenters. The van der Waals surface area contributed by atoms with Crippen molar-refractivity contribution in [1.29, 1.82) is 0 Å². The molecule has 1 aromatic heterocycles. The van der Waals surface area contributed by atoms with Crippen molar-refractivity contribution >= 4 is 84.6 Å². The highest BCUT2D eigenvalue weighted by Crippen LogP contribution is 2.53. The molecule has 13 rings (SSSR count). The first-order valence-corrected chi connectivity index (χ1v) is 25.9.